The van der Waals surface area contributed by atoms with E-state index in [1.165, 1.54) is 4.90 Å². The maximum atomic E-state index is 12.0. The highest BCUT2D eigenvalue weighted by molar-refractivity contribution is 6.30. The molecule has 106 valence electrons. The summed E-state index contributed by atoms with van der Waals surface area (Å²) in [6.45, 7) is 5.48. The molecule has 1 unspecified atom stereocenters. The van der Waals surface area contributed by atoms with Gasteiger partial charge in [0.2, 0.25) is 0 Å². The molecule has 0 saturated carbocycles. The summed E-state index contributed by atoms with van der Waals surface area (Å²) >= 11 is 5.92. The standard InChI is InChI=1S/C14H21ClN2O2/c1-10(11-6-5-7-12(15)8-11)16-13(18)17(4)9-14(2,3)19/h5-8,10,19H,9H2,1-4H3,(H,16,18). The van der Waals surface area contributed by atoms with Crippen molar-refractivity contribution in [2.75, 3.05) is 13.6 Å². The number of hydrogen-bond donors (Lipinski definition) is 2. The maximum Gasteiger partial charge on any atom is 0.317 e. The lowest BCUT2D eigenvalue weighted by Crippen LogP contribution is -2.45. The molecule has 0 fully saturated rings. The number of rotatable bonds is 4. The van der Waals surface area contributed by atoms with Gasteiger partial charge in [-0.2, -0.15) is 0 Å². The molecule has 0 saturated heterocycles. The van der Waals surface area contributed by atoms with Crippen molar-refractivity contribution in [3.05, 3.63) is 34.9 Å². The van der Waals surface area contributed by atoms with Gasteiger partial charge in [0.05, 0.1) is 18.2 Å². The van der Waals surface area contributed by atoms with Crippen molar-refractivity contribution < 1.29 is 9.90 Å². The maximum absolute atomic E-state index is 12.0. The lowest BCUT2D eigenvalue weighted by Gasteiger charge is -2.27. The first kappa shape index (κ1) is 15.8. The Morgan fingerprint density at radius 2 is 2.16 bits per heavy atom. The van der Waals surface area contributed by atoms with Gasteiger partial charge in [0.15, 0.2) is 0 Å². The summed E-state index contributed by atoms with van der Waals surface area (Å²) in [6, 6.07) is 7.00. The Hall–Kier alpha value is -1.26. The lowest BCUT2D eigenvalue weighted by molar-refractivity contribution is 0.0528. The monoisotopic (exact) mass is 284 g/mol. The Morgan fingerprint density at radius 3 is 2.68 bits per heavy atom. The summed E-state index contributed by atoms with van der Waals surface area (Å²) in [6.07, 6.45) is 0. The van der Waals surface area contributed by atoms with E-state index in [-0.39, 0.29) is 18.6 Å². The molecule has 2 N–H and O–H groups in total. The van der Waals surface area contributed by atoms with E-state index in [2.05, 4.69) is 5.32 Å². The molecule has 0 heterocycles. The number of halogens is 1. The van der Waals surface area contributed by atoms with Crippen LogP contribution in [0.3, 0.4) is 0 Å². The molecule has 2 amide bonds. The normalized spacial score (nSPS) is 12.9. The van der Waals surface area contributed by atoms with Gasteiger partial charge in [-0.05, 0) is 38.5 Å². The van der Waals surface area contributed by atoms with E-state index in [4.69, 9.17) is 11.6 Å². The number of carbonyl (C=O) groups excluding carboxylic acids is 1. The molecule has 0 aromatic heterocycles. The number of likely N-dealkylation sites (N-methyl/N-ethyl adjacent to an activating group) is 1. The van der Waals surface area contributed by atoms with Crippen molar-refractivity contribution in [2.24, 2.45) is 0 Å². The summed E-state index contributed by atoms with van der Waals surface area (Å²) in [4.78, 5) is 13.4. The second kappa shape index (κ2) is 6.26. The fourth-order valence-electron chi connectivity index (χ4n) is 1.81. The van der Waals surface area contributed by atoms with Crippen molar-refractivity contribution in [3.8, 4) is 0 Å². The van der Waals surface area contributed by atoms with Gasteiger partial charge in [-0.25, -0.2) is 4.79 Å². The number of aliphatic hydroxyl groups is 1. The molecule has 1 rings (SSSR count). The largest absolute Gasteiger partial charge is 0.389 e. The molecule has 0 aliphatic rings. The quantitative estimate of drug-likeness (QED) is 0.893. The molecule has 5 heteroatoms. The summed E-state index contributed by atoms with van der Waals surface area (Å²) < 4.78 is 0. The average molecular weight is 285 g/mol. The second-order valence-corrected chi connectivity index (χ2v) is 5.83. The van der Waals surface area contributed by atoms with Crippen LogP contribution in [0.4, 0.5) is 4.79 Å². The summed E-state index contributed by atoms with van der Waals surface area (Å²) in [5.41, 5.74) is 0.0308. The van der Waals surface area contributed by atoms with Crippen molar-refractivity contribution in [1.82, 2.24) is 10.2 Å². The number of nitrogens with zero attached hydrogens (tertiary/aromatic N) is 1. The summed E-state index contributed by atoms with van der Waals surface area (Å²) in [5, 5.41) is 13.2. The minimum atomic E-state index is -0.911. The molecule has 0 aliphatic heterocycles. The molecule has 1 aromatic rings. The van der Waals surface area contributed by atoms with E-state index >= 15 is 0 Å². The lowest BCUT2D eigenvalue weighted by atomic mass is 10.1. The van der Waals surface area contributed by atoms with Crippen LogP contribution in [0.25, 0.3) is 0 Å². The average Bonchev–Trinajstić information content (AvgIpc) is 2.26. The van der Waals surface area contributed by atoms with Crippen LogP contribution in [0.5, 0.6) is 0 Å². The van der Waals surface area contributed by atoms with Crippen molar-refractivity contribution >= 4 is 17.6 Å². The predicted octanol–water partition coefficient (Wildman–Crippen LogP) is 2.81. The third-order valence-corrected chi connectivity index (χ3v) is 2.89. The Bertz CT molecular complexity index is 443. The predicted molar refractivity (Wildman–Crippen MR) is 77.3 cm³/mol. The van der Waals surface area contributed by atoms with Crippen LogP contribution in [0.1, 0.15) is 32.4 Å². The van der Waals surface area contributed by atoms with E-state index in [1.807, 2.05) is 25.1 Å². The number of benzene rings is 1. The van der Waals surface area contributed by atoms with Crippen LogP contribution in [-0.2, 0) is 0 Å². The SMILES string of the molecule is CC(NC(=O)N(C)CC(C)(C)O)c1cccc(Cl)c1. The zero-order valence-electron chi connectivity index (χ0n) is 11.8. The molecule has 0 aliphatic carbocycles. The molecule has 1 aromatic carbocycles. The Balaban J connectivity index is 2.61. The van der Waals surface area contributed by atoms with E-state index in [0.717, 1.165) is 5.56 Å². The number of carbonyl (C=O) groups is 1. The molecule has 0 bridgehead atoms. The summed E-state index contributed by atoms with van der Waals surface area (Å²) in [7, 11) is 1.65. The number of hydrogen-bond acceptors (Lipinski definition) is 2. The van der Waals surface area contributed by atoms with E-state index in [1.54, 1.807) is 27.0 Å². The van der Waals surface area contributed by atoms with E-state index < -0.39 is 5.60 Å². The zero-order valence-corrected chi connectivity index (χ0v) is 12.5. The highest BCUT2D eigenvalue weighted by Crippen LogP contribution is 2.17. The van der Waals surface area contributed by atoms with Crippen LogP contribution in [-0.4, -0.2) is 35.2 Å². The highest BCUT2D eigenvalue weighted by Gasteiger charge is 2.20. The second-order valence-electron chi connectivity index (χ2n) is 5.39. The summed E-state index contributed by atoms with van der Waals surface area (Å²) in [5.74, 6) is 0. The van der Waals surface area contributed by atoms with Crippen LogP contribution >= 0.6 is 11.6 Å². The number of amides is 2. The molecule has 0 radical (unpaired) electrons. The Morgan fingerprint density at radius 1 is 1.53 bits per heavy atom. The fraction of sp³-hybridized carbons (Fsp3) is 0.500. The molecular weight excluding hydrogens is 264 g/mol. The third-order valence-electron chi connectivity index (χ3n) is 2.66. The van der Waals surface area contributed by atoms with Gasteiger partial charge in [0.25, 0.3) is 0 Å². The number of urea groups is 1. The first-order valence-electron chi connectivity index (χ1n) is 6.18. The topological polar surface area (TPSA) is 52.6 Å². The molecule has 4 nitrogen and oxygen atoms in total. The minimum Gasteiger partial charge on any atom is -0.389 e. The molecular formula is C14H21ClN2O2. The zero-order chi connectivity index (χ0) is 14.6. The van der Waals surface area contributed by atoms with Crippen LogP contribution in [0.2, 0.25) is 5.02 Å². The van der Waals surface area contributed by atoms with Crippen molar-refractivity contribution in [1.29, 1.82) is 0 Å². The van der Waals surface area contributed by atoms with Gasteiger partial charge >= 0.3 is 6.03 Å². The first-order valence-corrected chi connectivity index (χ1v) is 6.56. The van der Waals surface area contributed by atoms with Crippen LogP contribution in [0, 0.1) is 0 Å². The Labute approximate surface area is 119 Å². The van der Waals surface area contributed by atoms with E-state index in [9.17, 15) is 9.90 Å². The van der Waals surface area contributed by atoms with Crippen LogP contribution < -0.4 is 5.32 Å². The van der Waals surface area contributed by atoms with E-state index in [0.29, 0.717) is 5.02 Å². The molecule has 1 atom stereocenters. The van der Waals surface area contributed by atoms with Crippen molar-refractivity contribution in [3.63, 3.8) is 0 Å². The highest BCUT2D eigenvalue weighted by atomic mass is 35.5. The minimum absolute atomic E-state index is 0.143. The van der Waals surface area contributed by atoms with Gasteiger partial charge in [-0.3, -0.25) is 0 Å². The van der Waals surface area contributed by atoms with Gasteiger partial charge in [-0.1, -0.05) is 23.7 Å². The molecule has 19 heavy (non-hydrogen) atoms. The van der Waals surface area contributed by atoms with Gasteiger partial charge in [0.1, 0.15) is 0 Å². The Kier molecular flexibility index (Phi) is 5.20. The smallest absolute Gasteiger partial charge is 0.317 e. The molecule has 0 spiro atoms. The number of nitrogens with one attached hydrogen (secondary N) is 1. The van der Waals surface area contributed by atoms with Gasteiger partial charge < -0.3 is 15.3 Å². The van der Waals surface area contributed by atoms with Crippen LogP contribution in [0.15, 0.2) is 24.3 Å². The fourth-order valence-corrected chi connectivity index (χ4v) is 2.01. The van der Waals surface area contributed by atoms with Gasteiger partial charge in [-0.15, -0.1) is 0 Å². The van der Waals surface area contributed by atoms with Gasteiger partial charge in [0, 0.05) is 12.1 Å². The first-order chi connectivity index (χ1) is 8.69. The third kappa shape index (κ3) is 5.49. The van der Waals surface area contributed by atoms with Crippen molar-refractivity contribution in [2.45, 2.75) is 32.4 Å².